The number of aliphatic hydroxyl groups is 2. The highest BCUT2D eigenvalue weighted by molar-refractivity contribution is 7.47. The van der Waals surface area contributed by atoms with Crippen LogP contribution in [0.25, 0.3) is 0 Å². The van der Waals surface area contributed by atoms with Gasteiger partial charge in [0.15, 0.2) is 6.10 Å². The highest BCUT2D eigenvalue weighted by atomic mass is 31.2. The molecule has 1 aliphatic rings. The summed E-state index contributed by atoms with van der Waals surface area (Å²) in [5, 5.41) is 20.7. The van der Waals surface area contributed by atoms with Gasteiger partial charge < -0.3 is 29.1 Å². The number of ketones is 1. The van der Waals surface area contributed by atoms with Crippen molar-refractivity contribution in [2.24, 2.45) is 11.8 Å². The summed E-state index contributed by atoms with van der Waals surface area (Å²) in [6.07, 6.45) is 33.2. The molecule has 1 unspecified atom stereocenters. The van der Waals surface area contributed by atoms with Crippen molar-refractivity contribution >= 4 is 19.6 Å². The maximum Gasteiger partial charge on any atom is 0.472 e. The monoisotopic (exact) mass is 843 g/mol. The second kappa shape index (κ2) is 33.8. The van der Waals surface area contributed by atoms with Crippen LogP contribution in [0.5, 0.6) is 0 Å². The van der Waals surface area contributed by atoms with Crippen LogP contribution in [0.3, 0.4) is 0 Å². The van der Waals surface area contributed by atoms with Crippen molar-refractivity contribution in [2.75, 3.05) is 47.5 Å². The highest BCUT2D eigenvalue weighted by Gasteiger charge is 2.39. The van der Waals surface area contributed by atoms with Gasteiger partial charge in [-0.25, -0.2) is 4.57 Å². The van der Waals surface area contributed by atoms with Gasteiger partial charge in [-0.3, -0.25) is 18.6 Å². The molecule has 0 bridgehead atoms. The molecule has 1 saturated carbocycles. The van der Waals surface area contributed by atoms with Crippen molar-refractivity contribution in [1.29, 1.82) is 0 Å². The number of phosphoric ester groups is 1. The van der Waals surface area contributed by atoms with Crippen molar-refractivity contribution in [3.63, 3.8) is 0 Å². The number of aliphatic hydroxyl groups excluding tert-OH is 2. The molecule has 1 aliphatic carbocycles. The number of esters is 1. The Morgan fingerprint density at radius 1 is 0.810 bits per heavy atom. The molecule has 0 aromatic heterocycles. The fraction of sp³-hybridized carbons (Fsp3) is 0.826. The summed E-state index contributed by atoms with van der Waals surface area (Å²) in [6.45, 7) is 4.52. The Kier molecular flexibility index (Phi) is 31.6. The molecule has 0 heterocycles. The van der Waals surface area contributed by atoms with E-state index in [2.05, 4.69) is 26.0 Å². The summed E-state index contributed by atoms with van der Waals surface area (Å²) in [7, 11) is 1.53. The number of hydrogen-bond acceptors (Lipinski definition) is 9. The largest absolute Gasteiger partial charge is 0.492 e. The third-order valence-electron chi connectivity index (χ3n) is 10.7. The van der Waals surface area contributed by atoms with E-state index in [1.54, 1.807) is 12.3 Å². The number of ether oxygens (including phenoxy) is 2. The minimum absolute atomic E-state index is 0.0487. The van der Waals surface area contributed by atoms with Crippen LogP contribution in [-0.2, 0) is 32.7 Å². The molecule has 3 N–H and O–H groups in total. The summed E-state index contributed by atoms with van der Waals surface area (Å²) in [4.78, 5) is 35.4. The number of quaternary nitrogens is 1. The summed E-state index contributed by atoms with van der Waals surface area (Å²) in [5.74, 6) is -0.838. The van der Waals surface area contributed by atoms with Crippen molar-refractivity contribution in [3.05, 3.63) is 36.6 Å². The van der Waals surface area contributed by atoms with Crippen LogP contribution >= 0.6 is 7.82 Å². The molecule has 0 saturated heterocycles. The van der Waals surface area contributed by atoms with Crippen LogP contribution in [0, 0.1) is 11.8 Å². The zero-order chi connectivity index (χ0) is 42.9. The maximum atomic E-state index is 12.6. The average Bonchev–Trinajstić information content (AvgIpc) is 3.44. The van der Waals surface area contributed by atoms with Crippen molar-refractivity contribution < 1.29 is 52.3 Å². The van der Waals surface area contributed by atoms with E-state index in [-0.39, 0.29) is 50.3 Å². The Balaban J connectivity index is 2.43. The molecular weight excluding hydrogens is 757 g/mol. The first-order valence-electron chi connectivity index (χ1n) is 22.9. The SMILES string of the molecule is CCCCCCCC/C=C\CCCCCC/C=C/O[C@H](COC(=O)CCCCCC[C@H]1C(=O)C[C@@H](O)[C@@H]1/C=C/[C@@H](O)CCCCC)COP(=O)(O)OCC[N+](C)(C)C. The molecule has 0 spiro atoms. The van der Waals surface area contributed by atoms with Gasteiger partial charge in [0, 0.05) is 24.7 Å². The second-order valence-corrected chi connectivity index (χ2v) is 18.7. The van der Waals surface area contributed by atoms with Gasteiger partial charge in [-0.05, 0) is 63.9 Å². The summed E-state index contributed by atoms with van der Waals surface area (Å²) in [6, 6.07) is 0. The van der Waals surface area contributed by atoms with E-state index >= 15 is 0 Å². The van der Waals surface area contributed by atoms with E-state index in [1.807, 2.05) is 33.3 Å². The van der Waals surface area contributed by atoms with E-state index in [0.717, 1.165) is 64.2 Å². The Hall–Kier alpha value is -1.85. The molecule has 58 heavy (non-hydrogen) atoms. The van der Waals surface area contributed by atoms with Crippen LogP contribution in [0.15, 0.2) is 36.6 Å². The van der Waals surface area contributed by atoms with Crippen molar-refractivity contribution in [1.82, 2.24) is 0 Å². The van der Waals surface area contributed by atoms with Crippen LogP contribution in [0.1, 0.15) is 168 Å². The lowest BCUT2D eigenvalue weighted by atomic mass is 9.88. The van der Waals surface area contributed by atoms with Gasteiger partial charge >= 0.3 is 13.8 Å². The number of likely N-dealkylation sites (N-methyl/N-ethyl adjacent to an activating group) is 1. The Morgan fingerprint density at radius 3 is 2.05 bits per heavy atom. The predicted octanol–water partition coefficient (Wildman–Crippen LogP) is 10.3. The van der Waals surface area contributed by atoms with Crippen molar-refractivity contribution in [2.45, 2.75) is 186 Å². The average molecular weight is 843 g/mol. The first-order chi connectivity index (χ1) is 27.8. The smallest absolute Gasteiger partial charge is 0.472 e. The lowest BCUT2D eigenvalue weighted by Crippen LogP contribution is -2.37. The zero-order valence-electron chi connectivity index (χ0n) is 37.2. The number of unbranched alkanes of at least 4 members (excludes halogenated alkanes) is 16. The number of allylic oxidation sites excluding steroid dienone is 3. The Bertz CT molecular complexity index is 1190. The topological polar surface area (TPSA) is 149 Å². The number of hydrogen-bond donors (Lipinski definition) is 3. The van der Waals surface area contributed by atoms with Crippen LogP contribution in [0.2, 0.25) is 0 Å². The van der Waals surface area contributed by atoms with Gasteiger partial charge in [0.1, 0.15) is 25.5 Å². The molecule has 12 heteroatoms. The van der Waals surface area contributed by atoms with Gasteiger partial charge in [-0.15, -0.1) is 0 Å². The first kappa shape index (κ1) is 54.2. The second-order valence-electron chi connectivity index (χ2n) is 17.3. The molecule has 1 fully saturated rings. The standard InChI is InChI=1S/C46H84NO10P/c1-6-8-10-11-12-13-14-15-16-17-18-19-20-21-24-28-35-54-41(39-57-58(52,53)56-36-34-47(3,4)5)38-55-46(51)31-27-23-22-26-30-42-43(45(50)37-44(42)49)33-32-40(48)29-25-9-7-2/h15-16,28,32-33,35,40-43,45,48,50H,6-14,17-27,29-31,34,36-39H2,1-5H3/p+1/b16-15-,33-32+,35-28+/t40-,41+,42+,43+,45+/m0/s1. The summed E-state index contributed by atoms with van der Waals surface area (Å²) >= 11 is 0. The van der Waals surface area contributed by atoms with E-state index < -0.39 is 32.1 Å². The van der Waals surface area contributed by atoms with Gasteiger partial charge in [-0.1, -0.05) is 122 Å². The van der Waals surface area contributed by atoms with E-state index in [4.69, 9.17) is 18.5 Å². The highest BCUT2D eigenvalue weighted by Crippen LogP contribution is 2.43. The van der Waals surface area contributed by atoms with Crippen molar-refractivity contribution in [3.8, 4) is 0 Å². The van der Waals surface area contributed by atoms with Gasteiger partial charge in [0.05, 0.1) is 46.2 Å². The Morgan fingerprint density at radius 2 is 1.40 bits per heavy atom. The number of carbonyl (C=O) groups is 2. The van der Waals surface area contributed by atoms with Gasteiger partial charge in [-0.2, -0.15) is 0 Å². The number of rotatable bonds is 38. The fourth-order valence-electron chi connectivity index (χ4n) is 6.96. The minimum Gasteiger partial charge on any atom is -0.492 e. The predicted molar refractivity (Wildman–Crippen MR) is 234 cm³/mol. The molecule has 0 radical (unpaired) electrons. The first-order valence-corrected chi connectivity index (χ1v) is 24.4. The third kappa shape index (κ3) is 30.2. The van der Waals surface area contributed by atoms with Gasteiger partial charge in [0.2, 0.25) is 0 Å². The molecule has 6 atom stereocenters. The van der Waals surface area contributed by atoms with Crippen LogP contribution in [-0.4, -0.2) is 97.2 Å². The number of Topliss-reactive ketones (excluding diaryl/α,β-unsaturated/α-hetero) is 1. The lowest BCUT2D eigenvalue weighted by Gasteiger charge is -2.24. The van der Waals surface area contributed by atoms with Crippen LogP contribution < -0.4 is 0 Å². The van der Waals surface area contributed by atoms with Gasteiger partial charge in [0.25, 0.3) is 0 Å². The molecule has 338 valence electrons. The summed E-state index contributed by atoms with van der Waals surface area (Å²) < 4.78 is 34.7. The number of carbonyl (C=O) groups excluding carboxylic acids is 2. The molecule has 11 nitrogen and oxygen atoms in total. The molecule has 0 amide bonds. The van der Waals surface area contributed by atoms with E-state index in [9.17, 15) is 29.3 Å². The lowest BCUT2D eigenvalue weighted by molar-refractivity contribution is -0.870. The van der Waals surface area contributed by atoms with E-state index in [1.165, 1.54) is 57.8 Å². The zero-order valence-corrected chi connectivity index (χ0v) is 38.1. The van der Waals surface area contributed by atoms with Crippen LogP contribution in [0.4, 0.5) is 0 Å². The fourth-order valence-corrected chi connectivity index (χ4v) is 7.70. The third-order valence-corrected chi connectivity index (χ3v) is 11.6. The number of phosphoric acid groups is 1. The molecular formula is C46H85NO10P+. The summed E-state index contributed by atoms with van der Waals surface area (Å²) in [5.41, 5.74) is 0. The maximum absolute atomic E-state index is 12.6. The minimum atomic E-state index is -4.33. The molecule has 1 rings (SSSR count). The molecule has 0 aromatic carbocycles. The number of nitrogens with zero attached hydrogens (tertiary/aromatic N) is 1. The molecule has 0 aliphatic heterocycles. The van der Waals surface area contributed by atoms with E-state index in [0.29, 0.717) is 30.3 Å². The quantitative estimate of drug-likeness (QED) is 0.0137. The molecule has 0 aromatic rings. The Labute approximate surface area is 353 Å². The normalized spacial score (nSPS) is 19.7.